The molecule has 2 heterocycles. The van der Waals surface area contributed by atoms with Crippen molar-refractivity contribution in [1.29, 1.82) is 0 Å². The highest BCUT2D eigenvalue weighted by Gasteiger charge is 2.25. The Morgan fingerprint density at radius 3 is 1.33 bits per heavy atom. The molecule has 60 heavy (non-hydrogen) atoms. The van der Waals surface area contributed by atoms with Gasteiger partial charge in [0.15, 0.2) is 23.1 Å². The van der Waals surface area contributed by atoms with Crippen molar-refractivity contribution in [1.82, 2.24) is 15.0 Å². The highest BCUT2D eigenvalue weighted by Crippen LogP contribution is 2.48. The topological polar surface area (TPSA) is 55.1 Å². The van der Waals surface area contributed by atoms with Gasteiger partial charge in [0.2, 0.25) is 0 Å². The number of nitrogens with zero attached hydrogens (tertiary/aromatic N) is 4. The van der Waals surface area contributed by atoms with E-state index in [0.717, 1.165) is 77.6 Å². The molecule has 0 aliphatic heterocycles. The van der Waals surface area contributed by atoms with Crippen LogP contribution in [0.1, 0.15) is 0 Å². The molecule has 2 aromatic heterocycles. The Labute approximate surface area is 347 Å². The van der Waals surface area contributed by atoms with Gasteiger partial charge in [0, 0.05) is 44.2 Å². The van der Waals surface area contributed by atoms with Crippen LogP contribution in [0.15, 0.2) is 223 Å². The van der Waals surface area contributed by atoms with E-state index in [9.17, 15) is 0 Å². The molecule has 0 fully saturated rings. The molecule has 9 aromatic carbocycles. The number of hydrogen-bond donors (Lipinski definition) is 0. The number of aromatic nitrogens is 3. The lowest BCUT2D eigenvalue weighted by atomic mass is 9.99. The van der Waals surface area contributed by atoms with Crippen LogP contribution in [0.2, 0.25) is 0 Å². The van der Waals surface area contributed by atoms with Crippen LogP contribution in [0, 0.1) is 0 Å². The van der Waals surface area contributed by atoms with Crippen LogP contribution in [0.5, 0.6) is 0 Å². The van der Waals surface area contributed by atoms with E-state index < -0.39 is 0 Å². The molecule has 0 radical (unpaired) electrons. The van der Waals surface area contributed by atoms with E-state index in [1.54, 1.807) is 0 Å². The average molecular weight is 769 g/mol. The molecule has 5 nitrogen and oxygen atoms in total. The molecule has 11 rings (SSSR count). The van der Waals surface area contributed by atoms with Gasteiger partial charge in [-0.15, -0.1) is 0 Å². The van der Waals surface area contributed by atoms with Gasteiger partial charge in [0.1, 0.15) is 5.58 Å². The number of rotatable bonds is 8. The first kappa shape index (κ1) is 35.0. The molecule has 5 heteroatoms. The van der Waals surface area contributed by atoms with E-state index in [1.807, 2.05) is 72.8 Å². The van der Waals surface area contributed by atoms with Gasteiger partial charge in [-0.3, -0.25) is 0 Å². The largest absolute Gasteiger partial charge is 0.454 e. The summed E-state index contributed by atoms with van der Waals surface area (Å²) in [6.07, 6.45) is 0. The first-order valence-corrected chi connectivity index (χ1v) is 20.1. The van der Waals surface area contributed by atoms with Crippen molar-refractivity contribution in [3.05, 3.63) is 218 Å². The van der Waals surface area contributed by atoms with E-state index >= 15 is 0 Å². The Hall–Kier alpha value is -8.15. The van der Waals surface area contributed by atoms with Crippen molar-refractivity contribution >= 4 is 49.8 Å². The molecule has 0 bridgehead atoms. The third kappa shape index (κ3) is 6.35. The zero-order valence-corrected chi connectivity index (χ0v) is 32.5. The highest BCUT2D eigenvalue weighted by molar-refractivity contribution is 6.22. The van der Waals surface area contributed by atoms with Gasteiger partial charge in [-0.05, 0) is 64.0 Å². The lowest BCUT2D eigenvalue weighted by molar-refractivity contribution is 0.669. The number of fused-ring (bicyclic) bond motifs is 4. The van der Waals surface area contributed by atoms with Crippen molar-refractivity contribution in [2.75, 3.05) is 4.90 Å². The quantitative estimate of drug-likeness (QED) is 0.154. The van der Waals surface area contributed by atoms with Gasteiger partial charge in [0.25, 0.3) is 0 Å². The second-order valence-corrected chi connectivity index (χ2v) is 14.8. The normalized spacial score (nSPS) is 11.3. The summed E-state index contributed by atoms with van der Waals surface area (Å²) in [5, 5.41) is 4.09. The van der Waals surface area contributed by atoms with Crippen molar-refractivity contribution < 1.29 is 4.42 Å². The van der Waals surface area contributed by atoms with Crippen LogP contribution < -0.4 is 4.90 Å². The van der Waals surface area contributed by atoms with E-state index in [-0.39, 0.29) is 0 Å². The minimum Gasteiger partial charge on any atom is -0.454 e. The molecule has 0 aliphatic rings. The summed E-state index contributed by atoms with van der Waals surface area (Å²) in [5.74, 6) is 1.80. The molecule has 0 saturated carbocycles. The lowest BCUT2D eigenvalue weighted by Gasteiger charge is -2.27. The molecule has 0 atom stereocenters. The van der Waals surface area contributed by atoms with Crippen molar-refractivity contribution in [3.63, 3.8) is 0 Å². The maximum Gasteiger partial charge on any atom is 0.164 e. The monoisotopic (exact) mass is 768 g/mol. The summed E-state index contributed by atoms with van der Waals surface area (Å²) in [5.41, 5.74) is 11.9. The standard InChI is InChI=1S/C55H36N4O/c1-5-16-37(17-6-1)39-28-32-44(33-29-39)59(45-34-30-40(31-35-45)38-18-7-2-8-19-38)51-46-25-14-13-24-43(46)36-48-50-47(26-15-27-49(50)60-52(48)51)55-57-53(41-20-9-3-10-21-41)56-54(58-55)42-22-11-4-12-23-42/h1-36H. The molecule has 0 aliphatic carbocycles. The maximum atomic E-state index is 7.08. The first-order chi connectivity index (χ1) is 29.7. The summed E-state index contributed by atoms with van der Waals surface area (Å²) in [7, 11) is 0. The number of furan rings is 1. The smallest absolute Gasteiger partial charge is 0.164 e. The molecule has 0 unspecified atom stereocenters. The third-order valence-corrected chi connectivity index (χ3v) is 11.1. The Morgan fingerprint density at radius 2 is 0.800 bits per heavy atom. The van der Waals surface area contributed by atoms with Gasteiger partial charge in [-0.1, -0.05) is 182 Å². The first-order valence-electron chi connectivity index (χ1n) is 20.1. The number of anilines is 3. The van der Waals surface area contributed by atoms with Crippen LogP contribution in [-0.2, 0) is 0 Å². The lowest BCUT2D eigenvalue weighted by Crippen LogP contribution is -2.11. The minimum absolute atomic E-state index is 0.579. The average Bonchev–Trinajstić information content (AvgIpc) is 3.71. The molecule has 11 aromatic rings. The van der Waals surface area contributed by atoms with Crippen LogP contribution >= 0.6 is 0 Å². The summed E-state index contributed by atoms with van der Waals surface area (Å²) in [6, 6.07) is 75.8. The van der Waals surface area contributed by atoms with E-state index in [4.69, 9.17) is 19.4 Å². The van der Waals surface area contributed by atoms with Gasteiger partial charge in [0.05, 0.1) is 5.69 Å². The van der Waals surface area contributed by atoms with Crippen molar-refractivity contribution in [2.24, 2.45) is 0 Å². The predicted octanol–water partition coefficient (Wildman–Crippen LogP) is 14.7. The van der Waals surface area contributed by atoms with E-state index in [1.165, 1.54) is 11.1 Å². The van der Waals surface area contributed by atoms with Crippen LogP contribution in [0.25, 0.3) is 89.1 Å². The molecular weight excluding hydrogens is 733 g/mol. The third-order valence-electron chi connectivity index (χ3n) is 11.1. The van der Waals surface area contributed by atoms with Gasteiger partial charge in [-0.25, -0.2) is 15.0 Å². The molecule has 0 spiro atoms. The second-order valence-electron chi connectivity index (χ2n) is 14.8. The molecule has 0 N–H and O–H groups in total. The Kier molecular flexibility index (Phi) is 8.75. The Morgan fingerprint density at radius 1 is 0.350 bits per heavy atom. The van der Waals surface area contributed by atoms with Crippen LogP contribution in [0.4, 0.5) is 17.1 Å². The van der Waals surface area contributed by atoms with Crippen LogP contribution in [-0.4, -0.2) is 15.0 Å². The number of benzene rings is 9. The van der Waals surface area contributed by atoms with Crippen molar-refractivity contribution in [2.45, 2.75) is 0 Å². The summed E-state index contributed by atoms with van der Waals surface area (Å²) in [6.45, 7) is 0. The van der Waals surface area contributed by atoms with E-state index in [2.05, 4.69) is 150 Å². The fourth-order valence-electron chi connectivity index (χ4n) is 8.21. The summed E-state index contributed by atoms with van der Waals surface area (Å²) < 4.78 is 7.08. The molecule has 0 saturated heterocycles. The Bertz CT molecular complexity index is 3140. The molecule has 0 amide bonds. The highest BCUT2D eigenvalue weighted by atomic mass is 16.3. The van der Waals surface area contributed by atoms with Gasteiger partial charge >= 0.3 is 0 Å². The fraction of sp³-hybridized carbons (Fsp3) is 0. The van der Waals surface area contributed by atoms with E-state index in [0.29, 0.717) is 17.5 Å². The predicted molar refractivity (Wildman–Crippen MR) is 246 cm³/mol. The van der Waals surface area contributed by atoms with Gasteiger partial charge < -0.3 is 9.32 Å². The van der Waals surface area contributed by atoms with Crippen LogP contribution in [0.3, 0.4) is 0 Å². The summed E-state index contributed by atoms with van der Waals surface area (Å²) in [4.78, 5) is 17.6. The molecule has 282 valence electrons. The number of hydrogen-bond acceptors (Lipinski definition) is 5. The zero-order valence-electron chi connectivity index (χ0n) is 32.5. The molecular formula is C55H36N4O. The zero-order chi connectivity index (χ0) is 39.8. The van der Waals surface area contributed by atoms with Crippen molar-refractivity contribution in [3.8, 4) is 56.4 Å². The fourth-order valence-corrected chi connectivity index (χ4v) is 8.21. The maximum absolute atomic E-state index is 7.08. The van der Waals surface area contributed by atoms with Gasteiger partial charge in [-0.2, -0.15) is 0 Å². The Balaban J connectivity index is 1.16. The minimum atomic E-state index is 0.579. The second kappa shape index (κ2) is 15.0. The summed E-state index contributed by atoms with van der Waals surface area (Å²) >= 11 is 0. The SMILES string of the molecule is c1ccc(-c2ccc(N(c3ccc(-c4ccccc4)cc3)c3c4ccccc4cc4c3oc3cccc(-c5nc(-c6ccccc6)nc(-c6ccccc6)n5)c34)cc2)cc1.